The van der Waals surface area contributed by atoms with Gasteiger partial charge in [-0.25, -0.2) is 9.97 Å². The second-order valence-corrected chi connectivity index (χ2v) is 6.69. The predicted molar refractivity (Wildman–Crippen MR) is 105 cm³/mol. The van der Waals surface area contributed by atoms with E-state index >= 15 is 0 Å². The number of nitrogens with two attached hydrogens (primary N) is 1. The summed E-state index contributed by atoms with van der Waals surface area (Å²) in [4.78, 5) is 13.1. The van der Waals surface area contributed by atoms with Gasteiger partial charge in [0.2, 0.25) is 0 Å². The van der Waals surface area contributed by atoms with E-state index in [1.165, 1.54) is 0 Å². The molecule has 0 aromatic carbocycles. The van der Waals surface area contributed by atoms with Gasteiger partial charge in [-0.05, 0) is 42.0 Å². The second kappa shape index (κ2) is 6.65. The average molecular weight is 357 g/mol. The second-order valence-electron chi connectivity index (χ2n) is 6.69. The van der Waals surface area contributed by atoms with E-state index in [1.807, 2.05) is 18.2 Å². The van der Waals surface area contributed by atoms with E-state index in [4.69, 9.17) is 16.4 Å². The molecule has 4 rings (SSSR count). The van der Waals surface area contributed by atoms with Crippen LogP contribution in [0.4, 0.5) is 11.6 Å². The molecule has 0 bridgehead atoms. The van der Waals surface area contributed by atoms with Crippen LogP contribution in [0.5, 0.6) is 0 Å². The van der Waals surface area contributed by atoms with Gasteiger partial charge in [0.1, 0.15) is 17.5 Å². The van der Waals surface area contributed by atoms with Crippen molar-refractivity contribution in [1.29, 1.82) is 10.7 Å². The zero-order chi connectivity index (χ0) is 19.0. The Morgan fingerprint density at radius 3 is 3.00 bits per heavy atom. The van der Waals surface area contributed by atoms with Crippen LogP contribution in [0.25, 0.3) is 22.0 Å². The number of fused-ring (bicyclic) bond motifs is 1. The minimum Gasteiger partial charge on any atom is -0.383 e. The number of pyridine rings is 3. The third-order valence-corrected chi connectivity index (χ3v) is 4.90. The summed E-state index contributed by atoms with van der Waals surface area (Å²) in [7, 11) is 0. The number of nitrogens with zero attached hydrogens (tertiary/aromatic N) is 4. The number of anilines is 2. The molecule has 4 N–H and O–H groups in total. The Morgan fingerprint density at radius 1 is 1.41 bits per heavy atom. The Labute approximate surface area is 156 Å². The van der Waals surface area contributed by atoms with Crippen LogP contribution >= 0.6 is 0 Å². The molecule has 1 fully saturated rings. The molecule has 2 atom stereocenters. The molecule has 0 radical (unpaired) electrons. The number of nitrogen functional groups attached to an aromatic ring is 1. The van der Waals surface area contributed by atoms with Gasteiger partial charge < -0.3 is 11.1 Å². The van der Waals surface area contributed by atoms with Crippen molar-refractivity contribution >= 4 is 28.2 Å². The SMILES string of the molecule is CCc1ccncc1-c1cc2cc(NC(=N)[C@@H]3C[C@@H]3C#N)ncc2c(N)n1. The molecule has 134 valence electrons. The highest BCUT2D eigenvalue weighted by Crippen LogP contribution is 2.38. The van der Waals surface area contributed by atoms with E-state index in [0.717, 1.165) is 40.4 Å². The van der Waals surface area contributed by atoms with Crippen molar-refractivity contribution in [2.24, 2.45) is 11.8 Å². The van der Waals surface area contributed by atoms with Gasteiger partial charge in [-0.1, -0.05) is 6.92 Å². The molecular formula is C20H19N7. The molecule has 27 heavy (non-hydrogen) atoms. The molecule has 0 saturated heterocycles. The van der Waals surface area contributed by atoms with E-state index in [-0.39, 0.29) is 11.8 Å². The molecule has 3 aromatic heterocycles. The average Bonchev–Trinajstić information content (AvgIpc) is 3.47. The number of aromatic nitrogens is 3. The summed E-state index contributed by atoms with van der Waals surface area (Å²) in [5, 5.41) is 21.7. The van der Waals surface area contributed by atoms with Gasteiger partial charge in [-0.15, -0.1) is 0 Å². The van der Waals surface area contributed by atoms with Crippen molar-refractivity contribution in [3.05, 3.63) is 42.4 Å². The molecule has 7 heteroatoms. The van der Waals surface area contributed by atoms with Gasteiger partial charge in [0.05, 0.1) is 17.7 Å². The molecular weight excluding hydrogens is 338 g/mol. The largest absolute Gasteiger partial charge is 0.383 e. The van der Waals surface area contributed by atoms with Crippen LogP contribution in [0.1, 0.15) is 18.9 Å². The molecule has 1 aliphatic carbocycles. The maximum atomic E-state index is 8.93. The molecule has 0 amide bonds. The van der Waals surface area contributed by atoms with E-state index < -0.39 is 0 Å². The minimum atomic E-state index is -0.0602. The summed E-state index contributed by atoms with van der Waals surface area (Å²) in [6.07, 6.45) is 6.85. The first-order valence-corrected chi connectivity index (χ1v) is 8.85. The first-order chi connectivity index (χ1) is 13.1. The molecule has 0 aliphatic heterocycles. The van der Waals surface area contributed by atoms with Crippen LogP contribution in [-0.4, -0.2) is 20.8 Å². The van der Waals surface area contributed by atoms with Gasteiger partial charge in [0, 0.05) is 35.5 Å². The van der Waals surface area contributed by atoms with Gasteiger partial charge in [-0.2, -0.15) is 5.26 Å². The fraction of sp³-hybridized carbons (Fsp3) is 0.250. The Balaban J connectivity index is 1.70. The van der Waals surface area contributed by atoms with Crippen LogP contribution in [0.15, 0.2) is 36.8 Å². The smallest absolute Gasteiger partial charge is 0.133 e. The summed E-state index contributed by atoms with van der Waals surface area (Å²) in [6.45, 7) is 2.09. The number of rotatable bonds is 4. The fourth-order valence-corrected chi connectivity index (χ4v) is 3.23. The van der Waals surface area contributed by atoms with Gasteiger partial charge in [0.25, 0.3) is 0 Å². The first-order valence-electron chi connectivity index (χ1n) is 8.85. The summed E-state index contributed by atoms with van der Waals surface area (Å²) < 4.78 is 0. The monoisotopic (exact) mass is 357 g/mol. The van der Waals surface area contributed by atoms with Crippen molar-refractivity contribution in [3.8, 4) is 17.3 Å². The molecule has 3 aromatic rings. The van der Waals surface area contributed by atoms with E-state index in [2.05, 4.69) is 33.3 Å². The third-order valence-electron chi connectivity index (χ3n) is 4.90. The van der Waals surface area contributed by atoms with Crippen LogP contribution in [-0.2, 0) is 6.42 Å². The van der Waals surface area contributed by atoms with Crippen LogP contribution in [0.2, 0.25) is 0 Å². The summed E-state index contributed by atoms with van der Waals surface area (Å²) in [5.74, 6) is 1.23. The van der Waals surface area contributed by atoms with E-state index in [1.54, 1.807) is 18.6 Å². The predicted octanol–water partition coefficient (Wildman–Crippen LogP) is 3.39. The lowest BCUT2D eigenvalue weighted by Gasteiger charge is -2.11. The Bertz CT molecular complexity index is 1080. The van der Waals surface area contributed by atoms with Gasteiger partial charge >= 0.3 is 0 Å². The quantitative estimate of drug-likeness (QED) is 0.485. The van der Waals surface area contributed by atoms with E-state index in [0.29, 0.717) is 17.5 Å². The maximum absolute atomic E-state index is 8.93. The van der Waals surface area contributed by atoms with Gasteiger partial charge in [-0.3, -0.25) is 10.4 Å². The molecule has 3 heterocycles. The maximum Gasteiger partial charge on any atom is 0.133 e. The molecule has 0 unspecified atom stereocenters. The lowest BCUT2D eigenvalue weighted by Crippen LogP contribution is -2.14. The Hall–Kier alpha value is -3.53. The van der Waals surface area contributed by atoms with Crippen LogP contribution in [0, 0.1) is 28.6 Å². The van der Waals surface area contributed by atoms with Gasteiger partial charge in [0.15, 0.2) is 0 Å². The zero-order valence-electron chi connectivity index (χ0n) is 14.9. The highest BCUT2D eigenvalue weighted by Gasteiger charge is 2.41. The number of hydrogen-bond acceptors (Lipinski definition) is 6. The number of aryl methyl sites for hydroxylation is 1. The topological polar surface area (TPSA) is 124 Å². The number of hydrogen-bond donors (Lipinski definition) is 3. The third kappa shape index (κ3) is 3.17. The van der Waals surface area contributed by atoms with Crippen molar-refractivity contribution in [2.45, 2.75) is 19.8 Å². The highest BCUT2D eigenvalue weighted by molar-refractivity contribution is 5.99. The normalized spacial score (nSPS) is 18.1. The Morgan fingerprint density at radius 2 is 2.26 bits per heavy atom. The van der Waals surface area contributed by atoms with Crippen molar-refractivity contribution in [3.63, 3.8) is 0 Å². The first kappa shape index (κ1) is 16.9. The standard InChI is InChI=1S/C20H19N7/c1-2-11-3-4-24-9-15(11)17-6-12-7-18(25-10-16(12)20(23)26-17)27-19(22)14-5-13(14)8-21/h3-4,6-7,9-10,13-14H,2,5H2,1H3,(H2,23,26)(H2,22,25,27)/t13-,14-/m1/s1. The lowest BCUT2D eigenvalue weighted by molar-refractivity contribution is 1.03. The van der Waals surface area contributed by atoms with Crippen molar-refractivity contribution in [2.75, 3.05) is 11.1 Å². The number of nitriles is 1. The minimum absolute atomic E-state index is 0.0203. The Kier molecular flexibility index (Phi) is 4.16. The van der Waals surface area contributed by atoms with E-state index in [9.17, 15) is 0 Å². The molecule has 7 nitrogen and oxygen atoms in total. The van der Waals surface area contributed by atoms with Crippen LogP contribution < -0.4 is 11.1 Å². The highest BCUT2D eigenvalue weighted by atomic mass is 15.0. The zero-order valence-corrected chi connectivity index (χ0v) is 14.9. The molecule has 1 saturated carbocycles. The summed E-state index contributed by atoms with van der Waals surface area (Å²) in [6, 6.07) is 8.01. The number of nitrogens with one attached hydrogen (secondary N) is 2. The van der Waals surface area contributed by atoms with Crippen molar-refractivity contribution < 1.29 is 0 Å². The number of amidine groups is 1. The lowest BCUT2D eigenvalue weighted by atomic mass is 10.0. The molecule has 1 aliphatic rings. The molecule has 0 spiro atoms. The van der Waals surface area contributed by atoms with Crippen molar-refractivity contribution in [1.82, 2.24) is 15.0 Å². The summed E-state index contributed by atoms with van der Waals surface area (Å²) >= 11 is 0. The summed E-state index contributed by atoms with van der Waals surface area (Å²) in [5.41, 5.74) is 9.04. The fourth-order valence-electron chi connectivity index (χ4n) is 3.23. The van der Waals surface area contributed by atoms with Crippen LogP contribution in [0.3, 0.4) is 0 Å².